The fraction of sp³-hybridized carbons (Fsp3) is 0.818. The van der Waals surface area contributed by atoms with Crippen LogP contribution in [0.4, 0.5) is 0 Å². The topological polar surface area (TPSA) is 110 Å². The van der Waals surface area contributed by atoms with Crippen LogP contribution in [0, 0.1) is 29.6 Å². The SMILES string of the molecule is C=CCC1/C=C(/C)CC(C)CC(OC)C2OC(O)(/C=C/N3CCCCC3COC(/C(C)=C/[C@@H]3CC[C@@H](O)[C@H](OC)C3)C(C)C(O)CC1)C(C)CC2OC. The first-order valence-electron chi connectivity index (χ1n) is 20.7. The van der Waals surface area contributed by atoms with E-state index in [1.54, 1.807) is 21.3 Å². The Hall–Kier alpha value is -1.56. The predicted octanol–water partition coefficient (Wildman–Crippen LogP) is 7.35. The number of piperidine rings is 1. The van der Waals surface area contributed by atoms with Crippen LogP contribution in [0.25, 0.3) is 0 Å². The maximum atomic E-state index is 12.1. The minimum Gasteiger partial charge on any atom is -0.393 e. The average molecular weight is 746 g/mol. The molecule has 0 aromatic rings. The molecule has 0 radical (unpaired) electrons. The zero-order valence-electron chi connectivity index (χ0n) is 34.3. The van der Waals surface area contributed by atoms with E-state index >= 15 is 0 Å². The van der Waals surface area contributed by atoms with Crippen LogP contribution in [0.1, 0.15) is 112 Å². The number of aliphatic hydroxyl groups is 3. The second-order valence-corrected chi connectivity index (χ2v) is 17.1. The minimum atomic E-state index is -1.47. The highest BCUT2D eigenvalue weighted by molar-refractivity contribution is 5.12. The number of nitrogens with zero attached hydrogens (tertiary/aromatic N) is 1. The van der Waals surface area contributed by atoms with Gasteiger partial charge in [0, 0.05) is 45.9 Å². The molecule has 0 spiro atoms. The van der Waals surface area contributed by atoms with Gasteiger partial charge in [0.1, 0.15) is 6.10 Å². The van der Waals surface area contributed by atoms with Crippen LogP contribution in [-0.2, 0) is 23.7 Å². The molecular formula is C44H75NO8. The summed E-state index contributed by atoms with van der Waals surface area (Å²) in [7, 11) is 5.13. The quantitative estimate of drug-likeness (QED) is 0.231. The number of methoxy groups -OCH3 is 3. The van der Waals surface area contributed by atoms with Gasteiger partial charge in [0.15, 0.2) is 5.79 Å². The summed E-state index contributed by atoms with van der Waals surface area (Å²) >= 11 is 0. The third-order valence-corrected chi connectivity index (χ3v) is 12.9. The van der Waals surface area contributed by atoms with Crippen molar-refractivity contribution >= 4 is 0 Å². The molecule has 304 valence electrons. The molecular weight excluding hydrogens is 670 g/mol. The van der Waals surface area contributed by atoms with E-state index in [2.05, 4.69) is 51.3 Å². The Kier molecular flexibility index (Phi) is 17.6. The second-order valence-electron chi connectivity index (χ2n) is 17.1. The van der Waals surface area contributed by atoms with Crippen molar-refractivity contribution in [3.63, 3.8) is 0 Å². The molecule has 3 heterocycles. The molecule has 4 rings (SSSR count). The Morgan fingerprint density at radius 2 is 1.64 bits per heavy atom. The van der Waals surface area contributed by atoms with Crippen molar-refractivity contribution in [1.82, 2.24) is 4.90 Å². The van der Waals surface area contributed by atoms with Gasteiger partial charge in [-0.25, -0.2) is 0 Å². The standard InChI is InChI=1S/C44H75NO8/c1-10-13-34-15-17-37(46)33(6)42(31(4)25-35-16-18-38(47)39(27-35)49-7)52-28-36-14-11-12-20-45(36)21-19-44(48)32(5)26-41(51-9)43(53-44)40(50-8)24-30(3)22-29(2)23-34/h10,19,21,23,25,30,32-43,46-48H,1,11-18,20,22,24,26-28H2,2-9H3/b21-19+,29-23-,31-25+/t30?,32?,33?,34?,35-,36?,37?,38+,39+,40?,41?,42?,43?,44?/m0/s1. The lowest BCUT2D eigenvalue weighted by molar-refractivity contribution is -0.297. The highest BCUT2D eigenvalue weighted by Crippen LogP contribution is 2.39. The van der Waals surface area contributed by atoms with Gasteiger partial charge in [0.05, 0.1) is 49.3 Å². The van der Waals surface area contributed by atoms with Gasteiger partial charge in [-0.3, -0.25) is 0 Å². The minimum absolute atomic E-state index is 0.122. The smallest absolute Gasteiger partial charge is 0.190 e. The van der Waals surface area contributed by atoms with E-state index in [-0.39, 0.29) is 54.1 Å². The number of fused-ring (bicyclic) bond motifs is 3. The Bertz CT molecular complexity index is 1210. The van der Waals surface area contributed by atoms with E-state index in [0.717, 1.165) is 69.9 Å². The number of allylic oxidation sites excluding steroid dienone is 4. The Balaban J connectivity index is 1.67. The van der Waals surface area contributed by atoms with Crippen LogP contribution in [-0.4, -0.2) is 109 Å². The zero-order valence-corrected chi connectivity index (χ0v) is 34.3. The maximum absolute atomic E-state index is 12.1. The van der Waals surface area contributed by atoms with Crippen LogP contribution < -0.4 is 0 Å². The van der Waals surface area contributed by atoms with E-state index in [9.17, 15) is 15.3 Å². The molecule has 9 nitrogen and oxygen atoms in total. The van der Waals surface area contributed by atoms with E-state index in [1.165, 1.54) is 5.57 Å². The molecule has 14 atom stereocenters. The summed E-state index contributed by atoms with van der Waals surface area (Å²) in [5, 5.41) is 34.3. The molecule has 3 N–H and O–H groups in total. The summed E-state index contributed by atoms with van der Waals surface area (Å²) < 4.78 is 31.2. The summed E-state index contributed by atoms with van der Waals surface area (Å²) in [6, 6.07) is 0.124. The lowest BCUT2D eigenvalue weighted by Crippen LogP contribution is -2.56. The normalized spacial score (nSPS) is 43.5. The van der Waals surface area contributed by atoms with Crippen LogP contribution in [0.2, 0.25) is 0 Å². The van der Waals surface area contributed by atoms with Gasteiger partial charge >= 0.3 is 0 Å². The van der Waals surface area contributed by atoms with Crippen LogP contribution in [0.15, 0.2) is 48.2 Å². The van der Waals surface area contributed by atoms with Gasteiger partial charge in [0.2, 0.25) is 0 Å². The highest BCUT2D eigenvalue weighted by atomic mass is 16.7. The first kappa shape index (κ1) is 44.2. The molecule has 11 unspecified atom stereocenters. The third kappa shape index (κ3) is 12.2. The molecule has 9 heteroatoms. The van der Waals surface area contributed by atoms with Crippen LogP contribution in [0.3, 0.4) is 0 Å². The summed E-state index contributed by atoms with van der Waals surface area (Å²) in [6.45, 7) is 16.2. The Morgan fingerprint density at radius 1 is 0.943 bits per heavy atom. The van der Waals surface area contributed by atoms with E-state index in [4.69, 9.17) is 23.7 Å². The molecule has 4 aliphatic rings. The van der Waals surface area contributed by atoms with Gasteiger partial charge in [-0.1, -0.05) is 44.6 Å². The van der Waals surface area contributed by atoms with Crippen molar-refractivity contribution in [2.45, 2.75) is 166 Å². The van der Waals surface area contributed by atoms with Gasteiger partial charge in [0.25, 0.3) is 0 Å². The molecule has 3 fully saturated rings. The van der Waals surface area contributed by atoms with Gasteiger partial charge in [-0.15, -0.1) is 6.58 Å². The summed E-state index contributed by atoms with van der Waals surface area (Å²) in [4.78, 5) is 2.31. The first-order chi connectivity index (χ1) is 25.3. The molecule has 1 saturated carbocycles. The number of hydrogen-bond acceptors (Lipinski definition) is 9. The first-order valence-corrected chi connectivity index (χ1v) is 20.7. The van der Waals surface area contributed by atoms with Gasteiger partial charge in [-0.2, -0.15) is 0 Å². The Morgan fingerprint density at radius 3 is 2.34 bits per heavy atom. The van der Waals surface area contributed by atoms with Crippen molar-refractivity contribution in [3.8, 4) is 0 Å². The largest absolute Gasteiger partial charge is 0.393 e. The van der Waals surface area contributed by atoms with Crippen molar-refractivity contribution < 1.29 is 39.0 Å². The van der Waals surface area contributed by atoms with Gasteiger partial charge < -0.3 is 43.9 Å². The van der Waals surface area contributed by atoms with E-state index in [1.807, 2.05) is 25.3 Å². The molecule has 0 aromatic heterocycles. The summed E-state index contributed by atoms with van der Waals surface area (Å²) in [6.07, 6.45) is 18.6. The van der Waals surface area contributed by atoms with E-state index < -0.39 is 24.1 Å². The lowest BCUT2D eigenvalue weighted by atomic mass is 9.82. The monoisotopic (exact) mass is 746 g/mol. The molecule has 2 bridgehead atoms. The number of ether oxygens (including phenoxy) is 5. The molecule has 0 amide bonds. The van der Waals surface area contributed by atoms with Crippen molar-refractivity contribution in [2.75, 3.05) is 34.5 Å². The number of aliphatic hydroxyl groups excluding tert-OH is 2. The summed E-state index contributed by atoms with van der Waals surface area (Å²) in [5.74, 6) is -0.895. The van der Waals surface area contributed by atoms with Crippen LogP contribution in [0.5, 0.6) is 0 Å². The maximum Gasteiger partial charge on any atom is 0.190 e. The van der Waals surface area contributed by atoms with Gasteiger partial charge in [-0.05, 0) is 120 Å². The fourth-order valence-corrected chi connectivity index (χ4v) is 9.54. The molecule has 53 heavy (non-hydrogen) atoms. The van der Waals surface area contributed by atoms with Crippen molar-refractivity contribution in [1.29, 1.82) is 0 Å². The highest BCUT2D eigenvalue weighted by Gasteiger charge is 2.48. The zero-order chi connectivity index (χ0) is 38.7. The van der Waals surface area contributed by atoms with E-state index in [0.29, 0.717) is 31.8 Å². The molecule has 3 aliphatic heterocycles. The van der Waals surface area contributed by atoms with Crippen molar-refractivity contribution in [3.05, 3.63) is 48.2 Å². The summed E-state index contributed by atoms with van der Waals surface area (Å²) in [5.41, 5.74) is 2.44. The molecule has 1 aliphatic carbocycles. The number of rotatable bonds is 7. The number of hydrogen-bond donors (Lipinski definition) is 3. The molecule has 0 aromatic carbocycles. The van der Waals surface area contributed by atoms with Crippen LogP contribution >= 0.6 is 0 Å². The van der Waals surface area contributed by atoms with Crippen molar-refractivity contribution in [2.24, 2.45) is 29.6 Å². The predicted molar refractivity (Wildman–Crippen MR) is 211 cm³/mol. The Labute approximate surface area is 321 Å². The fourth-order valence-electron chi connectivity index (χ4n) is 9.54. The molecule has 2 saturated heterocycles. The lowest BCUT2D eigenvalue weighted by Gasteiger charge is -2.47. The average Bonchev–Trinajstić information content (AvgIpc) is 3.13. The second kappa shape index (κ2) is 21.1. The third-order valence-electron chi connectivity index (χ3n) is 12.9.